The molecule has 1 unspecified atom stereocenters. The Morgan fingerprint density at radius 2 is 2.03 bits per heavy atom. The fourth-order valence-corrected chi connectivity index (χ4v) is 3.25. The van der Waals surface area contributed by atoms with Gasteiger partial charge < -0.3 is 18.6 Å². The maximum atomic E-state index is 11.9. The highest BCUT2D eigenvalue weighted by Gasteiger charge is 2.27. The van der Waals surface area contributed by atoms with Crippen molar-refractivity contribution in [3.05, 3.63) is 41.3 Å². The molecule has 1 fully saturated rings. The van der Waals surface area contributed by atoms with E-state index in [0.717, 1.165) is 17.0 Å². The molecule has 1 atom stereocenters. The Morgan fingerprint density at radius 3 is 2.72 bits per heavy atom. The number of aryl methyl sites for hydroxylation is 1. The Hall–Kier alpha value is -2.71. The predicted octanol–water partition coefficient (Wildman–Crippen LogP) is 2.59. The van der Waals surface area contributed by atoms with Crippen molar-refractivity contribution in [2.45, 2.75) is 32.9 Å². The molecule has 0 aliphatic carbocycles. The van der Waals surface area contributed by atoms with E-state index < -0.39 is 0 Å². The fourth-order valence-electron chi connectivity index (χ4n) is 3.25. The van der Waals surface area contributed by atoms with Gasteiger partial charge in [-0.05, 0) is 38.1 Å². The first-order chi connectivity index (χ1) is 14.0. The first kappa shape index (κ1) is 21.0. The summed E-state index contributed by atoms with van der Waals surface area (Å²) in [7, 11) is 1.35. The number of carbonyl (C=O) groups excluding carboxylic acids is 2. The highest BCUT2D eigenvalue weighted by Crippen LogP contribution is 2.24. The summed E-state index contributed by atoms with van der Waals surface area (Å²) in [6.45, 7) is 6.39. The molecule has 156 valence electrons. The summed E-state index contributed by atoms with van der Waals surface area (Å²) in [6.07, 6.45) is 0.284. The van der Waals surface area contributed by atoms with Gasteiger partial charge in [0.15, 0.2) is 0 Å². The van der Waals surface area contributed by atoms with Crippen molar-refractivity contribution in [2.24, 2.45) is 0 Å². The number of nitrogens with zero attached hydrogens (tertiary/aromatic N) is 2. The van der Waals surface area contributed by atoms with E-state index in [0.29, 0.717) is 44.4 Å². The molecule has 0 saturated carbocycles. The molecule has 1 saturated heterocycles. The topological polar surface area (TPSA) is 91.1 Å². The van der Waals surface area contributed by atoms with E-state index in [9.17, 15) is 9.59 Å². The number of oxazole rings is 1. The molecule has 0 radical (unpaired) electrons. The summed E-state index contributed by atoms with van der Waals surface area (Å²) in [5, 5.41) is 0. The van der Waals surface area contributed by atoms with Crippen LogP contribution in [0.2, 0.25) is 0 Å². The molecule has 3 rings (SSSR count). The predicted molar refractivity (Wildman–Crippen MR) is 104 cm³/mol. The quantitative estimate of drug-likeness (QED) is 0.653. The number of methoxy groups -OCH3 is 1. The van der Waals surface area contributed by atoms with Crippen LogP contribution in [0.3, 0.4) is 0 Å². The monoisotopic (exact) mass is 402 g/mol. The summed E-state index contributed by atoms with van der Waals surface area (Å²) in [5.41, 5.74) is 2.06. The second-order valence-corrected chi connectivity index (χ2v) is 6.80. The molecular formula is C21H26N2O6. The number of carbonyl (C=O) groups is 2. The van der Waals surface area contributed by atoms with E-state index in [1.165, 1.54) is 7.11 Å². The van der Waals surface area contributed by atoms with Crippen molar-refractivity contribution in [2.75, 3.05) is 33.5 Å². The SMILES string of the molecule is CCOC(=O)CC1COCCN1Cc1nc(-c2ccc(C(=O)OC)cc2)oc1C. The second kappa shape index (κ2) is 9.67. The van der Waals surface area contributed by atoms with Gasteiger partial charge in [-0.25, -0.2) is 9.78 Å². The van der Waals surface area contributed by atoms with Crippen LogP contribution in [0, 0.1) is 6.92 Å². The molecule has 8 nitrogen and oxygen atoms in total. The summed E-state index contributed by atoms with van der Waals surface area (Å²) in [4.78, 5) is 30.3. The van der Waals surface area contributed by atoms with Crippen molar-refractivity contribution in [3.63, 3.8) is 0 Å². The van der Waals surface area contributed by atoms with Gasteiger partial charge in [0.05, 0.1) is 44.6 Å². The van der Waals surface area contributed by atoms with Crippen molar-refractivity contribution in [1.29, 1.82) is 0 Å². The van der Waals surface area contributed by atoms with E-state index in [1.807, 2.05) is 6.92 Å². The minimum Gasteiger partial charge on any atom is -0.466 e. The lowest BCUT2D eigenvalue weighted by Crippen LogP contribution is -2.46. The van der Waals surface area contributed by atoms with Crippen molar-refractivity contribution in [3.8, 4) is 11.5 Å². The summed E-state index contributed by atoms with van der Waals surface area (Å²) < 4.78 is 21.2. The number of rotatable bonds is 7. The molecule has 0 spiro atoms. The lowest BCUT2D eigenvalue weighted by molar-refractivity contribution is -0.146. The van der Waals surface area contributed by atoms with Gasteiger partial charge >= 0.3 is 11.9 Å². The average molecular weight is 402 g/mol. The van der Waals surface area contributed by atoms with E-state index >= 15 is 0 Å². The smallest absolute Gasteiger partial charge is 0.337 e. The van der Waals surface area contributed by atoms with Crippen LogP contribution in [-0.2, 0) is 25.5 Å². The maximum absolute atomic E-state index is 11.9. The van der Waals surface area contributed by atoms with E-state index in [2.05, 4.69) is 9.88 Å². The number of hydrogen-bond donors (Lipinski definition) is 0. The van der Waals surface area contributed by atoms with Crippen LogP contribution in [0.25, 0.3) is 11.5 Å². The van der Waals surface area contributed by atoms with E-state index in [-0.39, 0.29) is 24.4 Å². The highest BCUT2D eigenvalue weighted by molar-refractivity contribution is 5.89. The lowest BCUT2D eigenvalue weighted by atomic mass is 10.1. The Balaban J connectivity index is 1.72. The number of esters is 2. The van der Waals surface area contributed by atoms with Gasteiger partial charge in [0.2, 0.25) is 5.89 Å². The molecule has 1 aromatic carbocycles. The minimum atomic E-state index is -0.388. The number of hydrogen-bond acceptors (Lipinski definition) is 8. The third-order valence-corrected chi connectivity index (χ3v) is 4.86. The van der Waals surface area contributed by atoms with Crippen LogP contribution in [0.5, 0.6) is 0 Å². The number of aromatic nitrogens is 1. The van der Waals surface area contributed by atoms with Crippen LogP contribution < -0.4 is 0 Å². The molecule has 8 heteroatoms. The molecule has 1 aliphatic heterocycles. The summed E-state index contributed by atoms with van der Waals surface area (Å²) in [6, 6.07) is 6.86. The molecule has 0 N–H and O–H groups in total. The lowest BCUT2D eigenvalue weighted by Gasteiger charge is -2.34. The molecule has 1 aliphatic rings. The maximum Gasteiger partial charge on any atom is 0.337 e. The number of ether oxygens (including phenoxy) is 3. The Bertz CT molecular complexity index is 845. The standard InChI is InChI=1S/C21H26N2O6/c1-4-28-19(24)11-17-13-27-10-9-23(17)12-18-14(2)29-20(22-18)15-5-7-16(8-6-15)21(25)26-3/h5-8,17H,4,9-13H2,1-3H3. The summed E-state index contributed by atoms with van der Waals surface area (Å²) in [5.74, 6) is 0.597. The van der Waals surface area contributed by atoms with E-state index in [4.69, 9.17) is 18.6 Å². The van der Waals surface area contributed by atoms with Crippen molar-refractivity contribution >= 4 is 11.9 Å². The van der Waals surface area contributed by atoms with Crippen LogP contribution in [0.1, 0.15) is 35.2 Å². The second-order valence-electron chi connectivity index (χ2n) is 6.80. The molecule has 0 bridgehead atoms. The minimum absolute atomic E-state index is 0.0540. The van der Waals surface area contributed by atoms with Crippen molar-refractivity contribution < 1.29 is 28.2 Å². The Morgan fingerprint density at radius 1 is 1.28 bits per heavy atom. The van der Waals surface area contributed by atoms with Crippen LogP contribution in [0.4, 0.5) is 0 Å². The van der Waals surface area contributed by atoms with Gasteiger partial charge in [0.1, 0.15) is 5.76 Å². The van der Waals surface area contributed by atoms with E-state index in [1.54, 1.807) is 31.2 Å². The first-order valence-electron chi connectivity index (χ1n) is 9.64. The molecular weight excluding hydrogens is 376 g/mol. The van der Waals surface area contributed by atoms with Crippen LogP contribution >= 0.6 is 0 Å². The highest BCUT2D eigenvalue weighted by atomic mass is 16.5. The zero-order chi connectivity index (χ0) is 20.8. The third kappa shape index (κ3) is 5.21. The first-order valence-corrected chi connectivity index (χ1v) is 9.64. The number of morpholine rings is 1. The molecule has 29 heavy (non-hydrogen) atoms. The zero-order valence-electron chi connectivity index (χ0n) is 17.0. The van der Waals surface area contributed by atoms with Gasteiger partial charge in [-0.1, -0.05) is 0 Å². The largest absolute Gasteiger partial charge is 0.466 e. The number of benzene rings is 1. The molecule has 0 amide bonds. The Labute approximate surface area is 169 Å². The molecule has 2 aromatic rings. The molecule has 1 aromatic heterocycles. The van der Waals surface area contributed by atoms with Gasteiger partial charge in [-0.3, -0.25) is 9.69 Å². The zero-order valence-corrected chi connectivity index (χ0v) is 17.0. The van der Waals surface area contributed by atoms with Crippen molar-refractivity contribution in [1.82, 2.24) is 9.88 Å². The fraction of sp³-hybridized carbons (Fsp3) is 0.476. The summed E-state index contributed by atoms with van der Waals surface area (Å²) >= 11 is 0. The van der Waals surface area contributed by atoms with Crippen LogP contribution in [-0.4, -0.2) is 61.3 Å². The van der Waals surface area contributed by atoms with Gasteiger partial charge in [-0.15, -0.1) is 0 Å². The average Bonchev–Trinajstić information content (AvgIpc) is 3.09. The molecule has 2 heterocycles. The van der Waals surface area contributed by atoms with Gasteiger partial charge in [0, 0.05) is 24.7 Å². The van der Waals surface area contributed by atoms with Gasteiger partial charge in [-0.2, -0.15) is 0 Å². The third-order valence-electron chi connectivity index (χ3n) is 4.86. The Kier molecular flexibility index (Phi) is 7.00. The normalized spacial score (nSPS) is 17.1. The van der Waals surface area contributed by atoms with Crippen LogP contribution in [0.15, 0.2) is 28.7 Å². The van der Waals surface area contributed by atoms with Gasteiger partial charge in [0.25, 0.3) is 0 Å².